The van der Waals surface area contributed by atoms with E-state index >= 15 is 0 Å². The third-order valence-corrected chi connectivity index (χ3v) is 6.33. The zero-order valence-corrected chi connectivity index (χ0v) is 18.5. The Balaban J connectivity index is 0.00000289. The minimum absolute atomic E-state index is 0. The molecule has 6 nitrogen and oxygen atoms in total. The lowest BCUT2D eigenvalue weighted by Gasteiger charge is -2.29. The maximum Gasteiger partial charge on any atom is 0.229 e. The third-order valence-electron chi connectivity index (χ3n) is 6.33. The first-order valence-corrected chi connectivity index (χ1v) is 11.4. The van der Waals surface area contributed by atoms with Crippen LogP contribution in [0.1, 0.15) is 37.9 Å². The monoisotopic (exact) mass is 458 g/mol. The van der Waals surface area contributed by atoms with Crippen LogP contribution in [-0.2, 0) is 9.59 Å². The van der Waals surface area contributed by atoms with Crippen LogP contribution in [0.4, 0.5) is 21.5 Å². The quantitative estimate of drug-likeness (QED) is 0.426. The van der Waals surface area contributed by atoms with E-state index in [1.807, 2.05) is 42.5 Å². The summed E-state index contributed by atoms with van der Waals surface area (Å²) in [6, 6.07) is 20.4. The zero-order valence-electron chi connectivity index (χ0n) is 18.5. The molecule has 2 aliphatic rings. The Kier molecular flexibility index (Phi) is 5.84. The molecule has 1 saturated carbocycles. The van der Waals surface area contributed by atoms with E-state index in [4.69, 9.17) is 5.41 Å². The standard InChI is InChI=1S/C27H25FN4O2.H2/c28-20-8-10-21(11-9-20)30-23-13-12-22(14-19(23)16-29)32-25(33)15-24(31-27(34)18-6-7-18)26(32)17-4-2-1-3-5-17;/h1-5,8-14,16,18,24,26,29-30H,6-7,15H2,(H,31,34);1H/t24-,26+;/m1./s1. The number of carbonyl (C=O) groups is 2. The SMILES string of the molecule is N=Cc1cc(N2C(=O)C[C@@H](NC(=O)C3CC3)[C@@H]2c2ccccc2)ccc1Nc1ccc(F)cc1.[HH]. The van der Waals surface area contributed by atoms with Crippen molar-refractivity contribution in [1.29, 1.82) is 5.41 Å². The molecule has 2 atom stereocenters. The Morgan fingerprint density at radius 3 is 2.47 bits per heavy atom. The topological polar surface area (TPSA) is 85.3 Å². The van der Waals surface area contributed by atoms with Gasteiger partial charge in [-0.2, -0.15) is 0 Å². The molecule has 174 valence electrons. The highest BCUT2D eigenvalue weighted by Gasteiger charge is 2.44. The van der Waals surface area contributed by atoms with Crippen molar-refractivity contribution in [1.82, 2.24) is 5.32 Å². The largest absolute Gasteiger partial charge is 0.355 e. The van der Waals surface area contributed by atoms with Gasteiger partial charge in [0, 0.05) is 42.6 Å². The van der Waals surface area contributed by atoms with Crippen LogP contribution in [0.25, 0.3) is 0 Å². The number of hydrogen-bond donors (Lipinski definition) is 3. The summed E-state index contributed by atoms with van der Waals surface area (Å²) >= 11 is 0. The third kappa shape index (κ3) is 4.41. The number of nitrogens with one attached hydrogen (secondary N) is 3. The highest BCUT2D eigenvalue weighted by Crippen LogP contribution is 2.39. The van der Waals surface area contributed by atoms with Gasteiger partial charge in [-0.1, -0.05) is 30.3 Å². The van der Waals surface area contributed by atoms with Crippen LogP contribution in [-0.4, -0.2) is 24.1 Å². The van der Waals surface area contributed by atoms with E-state index in [-0.39, 0.29) is 43.5 Å². The normalized spacial score (nSPS) is 19.7. The first kappa shape index (κ1) is 21.8. The van der Waals surface area contributed by atoms with Gasteiger partial charge < -0.3 is 20.9 Å². The van der Waals surface area contributed by atoms with Gasteiger partial charge in [-0.15, -0.1) is 0 Å². The number of anilines is 3. The van der Waals surface area contributed by atoms with Crippen molar-refractivity contribution in [3.8, 4) is 0 Å². The lowest BCUT2D eigenvalue weighted by molar-refractivity contribution is -0.123. The molecule has 1 heterocycles. The number of rotatable bonds is 7. The van der Waals surface area contributed by atoms with Crippen LogP contribution >= 0.6 is 0 Å². The second-order valence-corrected chi connectivity index (χ2v) is 8.76. The first-order chi connectivity index (χ1) is 16.5. The van der Waals surface area contributed by atoms with Gasteiger partial charge in [0.2, 0.25) is 11.8 Å². The maximum absolute atomic E-state index is 13.2. The van der Waals surface area contributed by atoms with Gasteiger partial charge in [0.15, 0.2) is 0 Å². The molecule has 0 bridgehead atoms. The first-order valence-electron chi connectivity index (χ1n) is 11.4. The molecule has 0 radical (unpaired) electrons. The molecule has 3 N–H and O–H groups in total. The van der Waals surface area contributed by atoms with Gasteiger partial charge in [0.25, 0.3) is 0 Å². The number of hydrogen-bond acceptors (Lipinski definition) is 4. The Morgan fingerprint density at radius 2 is 1.79 bits per heavy atom. The van der Waals surface area contributed by atoms with Crippen molar-refractivity contribution >= 4 is 35.1 Å². The molecular formula is C27H27FN4O2. The van der Waals surface area contributed by atoms with E-state index in [0.29, 0.717) is 22.6 Å². The Hall–Kier alpha value is -4.00. The molecule has 0 unspecified atom stereocenters. The van der Waals surface area contributed by atoms with Crippen molar-refractivity contribution in [3.05, 3.63) is 89.7 Å². The number of halogens is 1. The van der Waals surface area contributed by atoms with Crippen LogP contribution in [0.3, 0.4) is 0 Å². The number of benzene rings is 3. The molecule has 3 aromatic carbocycles. The molecule has 0 aromatic heterocycles. The minimum atomic E-state index is -0.342. The molecule has 34 heavy (non-hydrogen) atoms. The van der Waals surface area contributed by atoms with E-state index in [1.165, 1.54) is 18.3 Å². The molecule has 2 fully saturated rings. The fourth-order valence-electron chi connectivity index (χ4n) is 4.47. The molecule has 5 rings (SSSR count). The van der Waals surface area contributed by atoms with E-state index < -0.39 is 0 Å². The summed E-state index contributed by atoms with van der Waals surface area (Å²) < 4.78 is 13.2. The summed E-state index contributed by atoms with van der Waals surface area (Å²) in [4.78, 5) is 27.5. The number of nitrogens with zero attached hydrogens (tertiary/aromatic N) is 1. The predicted octanol–water partition coefficient (Wildman–Crippen LogP) is 5.19. The lowest BCUT2D eigenvalue weighted by atomic mass is 9.99. The van der Waals surface area contributed by atoms with Gasteiger partial charge >= 0.3 is 0 Å². The van der Waals surface area contributed by atoms with E-state index in [2.05, 4.69) is 10.6 Å². The van der Waals surface area contributed by atoms with Gasteiger partial charge in [-0.3, -0.25) is 9.59 Å². The van der Waals surface area contributed by atoms with Crippen molar-refractivity contribution in [3.63, 3.8) is 0 Å². The predicted molar refractivity (Wildman–Crippen MR) is 132 cm³/mol. The van der Waals surface area contributed by atoms with Gasteiger partial charge in [-0.05, 0) is 60.9 Å². The Morgan fingerprint density at radius 1 is 1.06 bits per heavy atom. The van der Waals surface area contributed by atoms with Crippen molar-refractivity contribution in [2.45, 2.75) is 31.3 Å². The zero-order chi connectivity index (χ0) is 23.7. The average molecular weight is 459 g/mol. The molecule has 1 aliphatic carbocycles. The van der Waals surface area contributed by atoms with Crippen LogP contribution in [0, 0.1) is 17.1 Å². The van der Waals surface area contributed by atoms with Gasteiger partial charge in [0.1, 0.15) is 5.82 Å². The molecule has 2 amide bonds. The lowest BCUT2D eigenvalue weighted by Crippen LogP contribution is -2.40. The maximum atomic E-state index is 13.2. The van der Waals surface area contributed by atoms with Crippen LogP contribution in [0.5, 0.6) is 0 Å². The fourth-order valence-corrected chi connectivity index (χ4v) is 4.47. The molecular weight excluding hydrogens is 431 g/mol. The van der Waals surface area contributed by atoms with Gasteiger partial charge in [-0.25, -0.2) is 4.39 Å². The number of amides is 2. The van der Waals surface area contributed by atoms with Crippen LogP contribution in [0.2, 0.25) is 0 Å². The minimum Gasteiger partial charge on any atom is -0.355 e. The van der Waals surface area contributed by atoms with Gasteiger partial charge in [0.05, 0.1) is 12.1 Å². The van der Waals surface area contributed by atoms with Crippen LogP contribution < -0.4 is 15.5 Å². The summed E-state index contributed by atoms with van der Waals surface area (Å²) in [6.07, 6.45) is 3.24. The second kappa shape index (κ2) is 9.09. The molecule has 0 spiro atoms. The van der Waals surface area contributed by atoms with Crippen molar-refractivity contribution in [2.75, 3.05) is 10.2 Å². The summed E-state index contributed by atoms with van der Waals surface area (Å²) in [6.45, 7) is 0. The van der Waals surface area contributed by atoms with E-state index in [0.717, 1.165) is 18.4 Å². The smallest absolute Gasteiger partial charge is 0.229 e. The molecule has 1 aliphatic heterocycles. The Labute approximate surface area is 198 Å². The summed E-state index contributed by atoms with van der Waals surface area (Å²) in [5.74, 6) is -0.331. The molecule has 1 saturated heterocycles. The van der Waals surface area contributed by atoms with E-state index in [9.17, 15) is 14.0 Å². The van der Waals surface area contributed by atoms with Crippen molar-refractivity contribution in [2.24, 2.45) is 5.92 Å². The second-order valence-electron chi connectivity index (χ2n) is 8.76. The summed E-state index contributed by atoms with van der Waals surface area (Å²) in [5.41, 5.74) is 3.56. The van der Waals surface area contributed by atoms with Crippen molar-refractivity contribution < 1.29 is 15.4 Å². The fraction of sp³-hybridized carbons (Fsp3) is 0.222. The summed E-state index contributed by atoms with van der Waals surface area (Å²) in [7, 11) is 0. The highest BCUT2D eigenvalue weighted by molar-refractivity contribution is 6.00. The number of carbonyl (C=O) groups excluding carboxylic acids is 2. The highest BCUT2D eigenvalue weighted by atomic mass is 19.1. The molecule has 3 aromatic rings. The average Bonchev–Trinajstić information content (AvgIpc) is 3.65. The Bertz CT molecular complexity index is 1230. The van der Waals surface area contributed by atoms with Crippen LogP contribution in [0.15, 0.2) is 72.8 Å². The summed E-state index contributed by atoms with van der Waals surface area (Å²) in [5, 5.41) is 14.2. The van der Waals surface area contributed by atoms with E-state index in [1.54, 1.807) is 23.1 Å². The molecule has 7 heteroatoms.